The number of thioether (sulfide) groups is 1. The number of nitrogens with one attached hydrogen (secondary N) is 1. The van der Waals surface area contributed by atoms with Crippen molar-refractivity contribution in [3.8, 4) is 0 Å². The molecule has 3 nitrogen and oxygen atoms in total. The number of nitrogens with two attached hydrogens (primary N) is 1. The van der Waals surface area contributed by atoms with Gasteiger partial charge in [0, 0.05) is 5.02 Å². The van der Waals surface area contributed by atoms with Gasteiger partial charge in [0.25, 0.3) is 0 Å². The molecule has 0 aliphatic carbocycles. The third-order valence-electron chi connectivity index (χ3n) is 1.56. The highest BCUT2D eigenvalue weighted by Crippen LogP contribution is 2.22. The Morgan fingerprint density at radius 2 is 2.36 bits per heavy atom. The van der Waals surface area contributed by atoms with Gasteiger partial charge in [0.05, 0.1) is 17.1 Å². The molecule has 14 heavy (non-hydrogen) atoms. The first kappa shape index (κ1) is 11.2. The van der Waals surface area contributed by atoms with Gasteiger partial charge in [-0.3, -0.25) is 4.79 Å². The van der Waals surface area contributed by atoms with Crippen LogP contribution >= 0.6 is 23.4 Å². The molecule has 76 valence electrons. The van der Waals surface area contributed by atoms with E-state index in [0.29, 0.717) is 22.2 Å². The van der Waals surface area contributed by atoms with Crippen LogP contribution in [0.25, 0.3) is 0 Å². The molecule has 1 amide bonds. The van der Waals surface area contributed by atoms with Gasteiger partial charge in [-0.25, -0.2) is 0 Å². The maximum Gasteiger partial charge on any atom is 0.234 e. The molecule has 1 aromatic rings. The summed E-state index contributed by atoms with van der Waals surface area (Å²) in [7, 11) is 0. The quantitative estimate of drug-likeness (QED) is 0.783. The second kappa shape index (κ2) is 5.12. The molecule has 0 aromatic heterocycles. The minimum atomic E-state index is -0.0634. The SMILES string of the molecule is CSCC(=O)Nc1ccc(Cl)cc1N. The Bertz CT molecular complexity index is 344. The van der Waals surface area contributed by atoms with E-state index in [4.69, 9.17) is 17.3 Å². The molecule has 0 spiro atoms. The summed E-state index contributed by atoms with van der Waals surface area (Å²) in [6.45, 7) is 0. The van der Waals surface area contributed by atoms with Crippen LogP contribution < -0.4 is 11.1 Å². The first-order valence-electron chi connectivity index (χ1n) is 3.97. The van der Waals surface area contributed by atoms with Crippen molar-refractivity contribution in [2.75, 3.05) is 23.1 Å². The molecular formula is C9H11ClN2OS. The monoisotopic (exact) mass is 230 g/mol. The summed E-state index contributed by atoms with van der Waals surface area (Å²) >= 11 is 7.18. The number of hydrogen-bond acceptors (Lipinski definition) is 3. The molecule has 0 heterocycles. The second-order valence-electron chi connectivity index (χ2n) is 2.71. The Morgan fingerprint density at radius 1 is 1.64 bits per heavy atom. The average Bonchev–Trinajstić information content (AvgIpc) is 2.10. The average molecular weight is 231 g/mol. The molecule has 0 aliphatic heterocycles. The maximum absolute atomic E-state index is 11.2. The minimum absolute atomic E-state index is 0.0634. The molecule has 5 heteroatoms. The third-order valence-corrected chi connectivity index (χ3v) is 2.35. The molecule has 0 aliphatic rings. The van der Waals surface area contributed by atoms with Crippen molar-refractivity contribution in [1.82, 2.24) is 0 Å². The van der Waals surface area contributed by atoms with Crippen LogP contribution in [-0.4, -0.2) is 17.9 Å². The number of amides is 1. The normalized spacial score (nSPS) is 9.86. The topological polar surface area (TPSA) is 55.1 Å². The van der Waals surface area contributed by atoms with E-state index in [0.717, 1.165) is 0 Å². The fraction of sp³-hybridized carbons (Fsp3) is 0.222. The van der Waals surface area contributed by atoms with Gasteiger partial charge in [-0.15, -0.1) is 0 Å². The predicted octanol–water partition coefficient (Wildman–Crippen LogP) is 2.22. The lowest BCUT2D eigenvalue weighted by Gasteiger charge is -2.07. The molecule has 0 fully saturated rings. The molecule has 0 bridgehead atoms. The molecule has 0 saturated carbocycles. The molecule has 1 rings (SSSR count). The van der Waals surface area contributed by atoms with Gasteiger partial charge in [0.1, 0.15) is 0 Å². The molecule has 1 aromatic carbocycles. The summed E-state index contributed by atoms with van der Waals surface area (Å²) in [6, 6.07) is 4.98. The number of carbonyl (C=O) groups is 1. The lowest BCUT2D eigenvalue weighted by atomic mass is 10.2. The van der Waals surface area contributed by atoms with E-state index < -0.39 is 0 Å². The van der Waals surface area contributed by atoms with E-state index in [1.807, 2.05) is 6.26 Å². The summed E-state index contributed by atoms with van der Waals surface area (Å²) in [4.78, 5) is 11.2. The van der Waals surface area contributed by atoms with Gasteiger partial charge in [-0.05, 0) is 24.5 Å². The molecule has 0 unspecified atom stereocenters. The standard InChI is InChI=1S/C9H11ClN2OS/c1-14-5-9(13)12-8-3-2-6(10)4-7(8)11/h2-4H,5,11H2,1H3,(H,12,13). The van der Waals surface area contributed by atoms with Gasteiger partial charge < -0.3 is 11.1 Å². The van der Waals surface area contributed by atoms with Crippen LogP contribution in [0.1, 0.15) is 0 Å². The van der Waals surface area contributed by atoms with E-state index in [-0.39, 0.29) is 5.91 Å². The van der Waals surface area contributed by atoms with Crippen molar-refractivity contribution in [2.24, 2.45) is 0 Å². The number of hydrogen-bond donors (Lipinski definition) is 2. The van der Waals surface area contributed by atoms with E-state index in [9.17, 15) is 4.79 Å². The summed E-state index contributed by atoms with van der Waals surface area (Å²) in [6.07, 6.45) is 1.87. The van der Waals surface area contributed by atoms with Crippen LogP contribution in [0.5, 0.6) is 0 Å². The van der Waals surface area contributed by atoms with Crippen molar-refractivity contribution in [3.63, 3.8) is 0 Å². The molecule has 3 N–H and O–H groups in total. The highest BCUT2D eigenvalue weighted by atomic mass is 35.5. The van der Waals surface area contributed by atoms with Gasteiger partial charge >= 0.3 is 0 Å². The smallest absolute Gasteiger partial charge is 0.234 e. The van der Waals surface area contributed by atoms with Gasteiger partial charge in [-0.2, -0.15) is 11.8 Å². The number of nitrogen functional groups attached to an aromatic ring is 1. The van der Waals surface area contributed by atoms with Crippen LogP contribution in [0.3, 0.4) is 0 Å². The van der Waals surface area contributed by atoms with Crippen LogP contribution in [0.2, 0.25) is 5.02 Å². The largest absolute Gasteiger partial charge is 0.397 e. The zero-order chi connectivity index (χ0) is 10.6. The van der Waals surface area contributed by atoms with Crippen LogP contribution in [0.15, 0.2) is 18.2 Å². The molecule has 0 saturated heterocycles. The number of carbonyl (C=O) groups excluding carboxylic acids is 1. The third kappa shape index (κ3) is 3.12. The number of anilines is 2. The summed E-state index contributed by atoms with van der Waals surface area (Å²) in [5.41, 5.74) is 6.74. The van der Waals surface area contributed by atoms with Crippen molar-refractivity contribution < 1.29 is 4.79 Å². The lowest BCUT2D eigenvalue weighted by Crippen LogP contribution is -2.14. The summed E-state index contributed by atoms with van der Waals surface area (Å²) in [5.74, 6) is 0.355. The molecular weight excluding hydrogens is 220 g/mol. The van der Waals surface area contributed by atoms with Crippen LogP contribution in [0.4, 0.5) is 11.4 Å². The van der Waals surface area contributed by atoms with Crippen molar-refractivity contribution in [3.05, 3.63) is 23.2 Å². The highest BCUT2D eigenvalue weighted by molar-refractivity contribution is 7.99. The Balaban J connectivity index is 2.72. The minimum Gasteiger partial charge on any atom is -0.397 e. The van der Waals surface area contributed by atoms with E-state index >= 15 is 0 Å². The number of rotatable bonds is 3. The van der Waals surface area contributed by atoms with Gasteiger partial charge in [0.2, 0.25) is 5.91 Å². The van der Waals surface area contributed by atoms with E-state index in [1.165, 1.54) is 11.8 Å². The number of benzene rings is 1. The van der Waals surface area contributed by atoms with Crippen molar-refractivity contribution in [1.29, 1.82) is 0 Å². The first-order chi connectivity index (χ1) is 6.63. The van der Waals surface area contributed by atoms with E-state index in [1.54, 1.807) is 18.2 Å². The molecule has 0 radical (unpaired) electrons. The first-order valence-corrected chi connectivity index (χ1v) is 5.74. The zero-order valence-electron chi connectivity index (χ0n) is 7.71. The fourth-order valence-electron chi connectivity index (χ4n) is 0.965. The maximum atomic E-state index is 11.2. The Labute approximate surface area is 92.0 Å². The predicted molar refractivity (Wildman–Crippen MR) is 62.9 cm³/mol. The molecule has 0 atom stereocenters. The summed E-state index contributed by atoms with van der Waals surface area (Å²) in [5, 5.41) is 3.26. The van der Waals surface area contributed by atoms with Crippen LogP contribution in [-0.2, 0) is 4.79 Å². The second-order valence-corrected chi connectivity index (χ2v) is 4.02. The Morgan fingerprint density at radius 3 is 2.93 bits per heavy atom. The number of halogens is 1. The fourth-order valence-corrected chi connectivity index (χ4v) is 1.48. The van der Waals surface area contributed by atoms with Crippen molar-refractivity contribution in [2.45, 2.75) is 0 Å². The Hall–Kier alpha value is -0.870. The van der Waals surface area contributed by atoms with E-state index in [2.05, 4.69) is 5.32 Å². The lowest BCUT2D eigenvalue weighted by molar-refractivity contribution is -0.113. The van der Waals surface area contributed by atoms with Crippen LogP contribution in [0, 0.1) is 0 Å². The summed E-state index contributed by atoms with van der Waals surface area (Å²) < 4.78 is 0. The Kier molecular flexibility index (Phi) is 4.10. The van der Waals surface area contributed by atoms with Crippen molar-refractivity contribution >= 4 is 40.6 Å². The van der Waals surface area contributed by atoms with Gasteiger partial charge in [-0.1, -0.05) is 11.6 Å². The zero-order valence-corrected chi connectivity index (χ0v) is 9.28. The highest BCUT2D eigenvalue weighted by Gasteiger charge is 2.04. The van der Waals surface area contributed by atoms with Gasteiger partial charge in [0.15, 0.2) is 0 Å².